The maximum atomic E-state index is 13.5. The van der Waals surface area contributed by atoms with E-state index in [-0.39, 0.29) is 36.4 Å². The first kappa shape index (κ1) is 26.6. The molecular weight excluding hydrogens is 488 g/mol. The van der Waals surface area contributed by atoms with Gasteiger partial charge in [-0.15, -0.1) is 6.58 Å². The lowest BCUT2D eigenvalue weighted by molar-refractivity contribution is -0.136. The van der Waals surface area contributed by atoms with Crippen molar-refractivity contribution in [3.05, 3.63) is 83.2 Å². The molecule has 1 unspecified atom stereocenters. The lowest BCUT2D eigenvalue weighted by atomic mass is 9.86. The molecule has 1 fully saturated rings. The largest absolute Gasteiger partial charge is 0.337 e. The van der Waals surface area contributed by atoms with Crippen LogP contribution in [-0.4, -0.2) is 51.4 Å². The summed E-state index contributed by atoms with van der Waals surface area (Å²) in [5, 5.41) is 4.70. The number of carbonyl (C=O) groups excluding carboxylic acids is 2. The van der Waals surface area contributed by atoms with Crippen molar-refractivity contribution < 1.29 is 14.1 Å². The van der Waals surface area contributed by atoms with E-state index < -0.39 is 0 Å². The van der Waals surface area contributed by atoms with Gasteiger partial charge < -0.3 is 14.3 Å². The Morgan fingerprint density at radius 1 is 1.19 bits per heavy atom. The van der Waals surface area contributed by atoms with Crippen LogP contribution >= 0.6 is 11.6 Å². The Bertz CT molecular complexity index is 1260. The molecule has 2 heterocycles. The second-order valence-corrected chi connectivity index (χ2v) is 10.8. The van der Waals surface area contributed by atoms with Crippen LogP contribution in [0.2, 0.25) is 5.02 Å². The van der Waals surface area contributed by atoms with Crippen LogP contribution < -0.4 is 0 Å². The highest BCUT2D eigenvalue weighted by atomic mass is 35.5. The van der Waals surface area contributed by atoms with Crippen molar-refractivity contribution in [3.8, 4) is 11.4 Å². The summed E-state index contributed by atoms with van der Waals surface area (Å²) in [4.78, 5) is 34.7. The fraction of sp³-hybridized carbons (Fsp3) is 0.379. The highest BCUT2D eigenvalue weighted by Crippen LogP contribution is 2.32. The van der Waals surface area contributed by atoms with E-state index in [4.69, 9.17) is 16.1 Å². The molecule has 1 atom stereocenters. The van der Waals surface area contributed by atoms with E-state index in [2.05, 4.69) is 37.5 Å². The van der Waals surface area contributed by atoms with Crippen LogP contribution in [0.1, 0.15) is 67.9 Å². The van der Waals surface area contributed by atoms with Gasteiger partial charge in [0.15, 0.2) is 0 Å². The van der Waals surface area contributed by atoms with Gasteiger partial charge in [0.05, 0.1) is 0 Å². The molecule has 4 rings (SSSR count). The Hall–Kier alpha value is -3.45. The van der Waals surface area contributed by atoms with Crippen LogP contribution in [0.25, 0.3) is 11.4 Å². The van der Waals surface area contributed by atoms with Gasteiger partial charge in [-0.2, -0.15) is 4.98 Å². The van der Waals surface area contributed by atoms with Gasteiger partial charge in [0.1, 0.15) is 12.6 Å². The van der Waals surface area contributed by atoms with Gasteiger partial charge in [-0.1, -0.05) is 67.9 Å². The Balaban J connectivity index is 1.51. The minimum absolute atomic E-state index is 0.0109. The molecular formula is C29H33ClN4O3. The van der Waals surface area contributed by atoms with Crippen LogP contribution in [0.15, 0.2) is 65.7 Å². The number of nitrogens with zero attached hydrogens (tertiary/aromatic N) is 4. The normalized spacial score (nSPS) is 15.9. The molecule has 0 saturated carbocycles. The summed E-state index contributed by atoms with van der Waals surface area (Å²) in [6.45, 7) is 10.9. The maximum Gasteiger partial charge on any atom is 0.254 e. The molecule has 1 aliphatic heterocycles. The third kappa shape index (κ3) is 6.28. The minimum atomic E-state index is -0.339. The molecule has 0 spiro atoms. The number of amides is 2. The molecule has 37 heavy (non-hydrogen) atoms. The average Bonchev–Trinajstić information content (AvgIpc) is 3.38. The van der Waals surface area contributed by atoms with Crippen molar-refractivity contribution in [3.63, 3.8) is 0 Å². The topological polar surface area (TPSA) is 79.5 Å². The zero-order valence-electron chi connectivity index (χ0n) is 21.6. The second kappa shape index (κ2) is 11.3. The molecule has 2 aromatic carbocycles. The number of benzene rings is 2. The van der Waals surface area contributed by atoms with E-state index in [1.807, 2.05) is 36.4 Å². The van der Waals surface area contributed by atoms with E-state index >= 15 is 0 Å². The zero-order chi connectivity index (χ0) is 26.6. The number of halogens is 1. The summed E-state index contributed by atoms with van der Waals surface area (Å²) in [5.74, 6) is 0.456. The smallest absolute Gasteiger partial charge is 0.254 e. The highest BCUT2D eigenvalue weighted by molar-refractivity contribution is 6.30. The van der Waals surface area contributed by atoms with Gasteiger partial charge in [-0.05, 0) is 54.5 Å². The second-order valence-electron chi connectivity index (χ2n) is 10.4. The van der Waals surface area contributed by atoms with Crippen molar-refractivity contribution in [2.75, 3.05) is 19.6 Å². The van der Waals surface area contributed by atoms with Gasteiger partial charge in [0.25, 0.3) is 5.91 Å². The van der Waals surface area contributed by atoms with Crippen molar-refractivity contribution in [1.82, 2.24) is 19.9 Å². The van der Waals surface area contributed by atoms with Crippen LogP contribution in [0, 0.1) is 0 Å². The molecule has 0 radical (unpaired) electrons. The van der Waals surface area contributed by atoms with Gasteiger partial charge >= 0.3 is 0 Å². The number of hydrogen-bond donors (Lipinski definition) is 0. The van der Waals surface area contributed by atoms with Crippen molar-refractivity contribution in [2.24, 2.45) is 0 Å². The number of likely N-dealkylation sites (tertiary alicyclic amines) is 1. The Kier molecular flexibility index (Phi) is 8.13. The molecule has 0 bridgehead atoms. The fourth-order valence-electron chi connectivity index (χ4n) is 4.53. The number of piperidine rings is 1. The average molecular weight is 521 g/mol. The molecule has 2 amide bonds. The summed E-state index contributed by atoms with van der Waals surface area (Å²) < 4.78 is 5.59. The van der Waals surface area contributed by atoms with Crippen LogP contribution in [-0.2, 0) is 10.2 Å². The van der Waals surface area contributed by atoms with Gasteiger partial charge in [0, 0.05) is 29.2 Å². The summed E-state index contributed by atoms with van der Waals surface area (Å²) in [6, 6.07) is 14.5. The lowest BCUT2D eigenvalue weighted by Gasteiger charge is -2.35. The maximum absolute atomic E-state index is 13.5. The standard InChI is InChI=1S/C29H33ClN4O3/c1-5-16-33(28(36)20-12-14-22(15-13-20)29(2,3)4)19-25(35)34-17-7-6-11-24(34)27-31-26(32-37-27)21-9-8-10-23(30)18-21/h5,8-10,12-15,18,24H,1,6-7,11,16-17,19H2,2-4H3. The first-order chi connectivity index (χ1) is 17.7. The Morgan fingerprint density at radius 3 is 2.62 bits per heavy atom. The molecule has 7 nitrogen and oxygen atoms in total. The van der Waals surface area contributed by atoms with E-state index in [1.54, 1.807) is 23.1 Å². The van der Waals surface area contributed by atoms with Crippen molar-refractivity contribution >= 4 is 23.4 Å². The predicted octanol–water partition coefficient (Wildman–Crippen LogP) is 6.07. The summed E-state index contributed by atoms with van der Waals surface area (Å²) in [6.07, 6.45) is 4.17. The SMILES string of the molecule is C=CCN(CC(=O)N1CCCCC1c1nc(-c2cccc(Cl)c2)no1)C(=O)c1ccc(C(C)(C)C)cc1. The third-order valence-electron chi connectivity index (χ3n) is 6.59. The van der Waals surface area contributed by atoms with Crippen LogP contribution in [0.3, 0.4) is 0 Å². The van der Waals surface area contributed by atoms with Crippen LogP contribution in [0.5, 0.6) is 0 Å². The fourth-order valence-corrected chi connectivity index (χ4v) is 4.72. The molecule has 0 N–H and O–H groups in total. The molecule has 8 heteroatoms. The number of carbonyl (C=O) groups is 2. The molecule has 1 aliphatic rings. The molecule has 3 aromatic rings. The molecule has 194 valence electrons. The zero-order valence-corrected chi connectivity index (χ0v) is 22.4. The minimum Gasteiger partial charge on any atom is -0.337 e. The van der Waals surface area contributed by atoms with E-state index in [0.29, 0.717) is 35.3 Å². The monoisotopic (exact) mass is 520 g/mol. The first-order valence-electron chi connectivity index (χ1n) is 12.6. The number of rotatable bonds is 7. The van der Waals surface area contributed by atoms with Gasteiger partial charge in [-0.3, -0.25) is 9.59 Å². The highest BCUT2D eigenvalue weighted by Gasteiger charge is 2.33. The quantitative estimate of drug-likeness (QED) is 0.353. The van der Waals surface area contributed by atoms with Crippen molar-refractivity contribution in [1.29, 1.82) is 0 Å². The Labute approximate surface area is 223 Å². The van der Waals surface area contributed by atoms with E-state index in [9.17, 15) is 9.59 Å². The third-order valence-corrected chi connectivity index (χ3v) is 6.83. The summed E-state index contributed by atoms with van der Waals surface area (Å²) in [7, 11) is 0. The first-order valence-corrected chi connectivity index (χ1v) is 12.9. The van der Waals surface area contributed by atoms with E-state index in [0.717, 1.165) is 24.0 Å². The van der Waals surface area contributed by atoms with Crippen LogP contribution in [0.4, 0.5) is 0 Å². The number of aromatic nitrogens is 2. The van der Waals surface area contributed by atoms with Gasteiger partial charge in [0.2, 0.25) is 17.6 Å². The van der Waals surface area contributed by atoms with Crippen molar-refractivity contribution in [2.45, 2.75) is 51.5 Å². The summed E-state index contributed by atoms with van der Waals surface area (Å²) >= 11 is 6.11. The number of hydrogen-bond acceptors (Lipinski definition) is 5. The molecule has 0 aliphatic carbocycles. The lowest BCUT2D eigenvalue weighted by Crippen LogP contribution is -2.46. The molecule has 1 aromatic heterocycles. The van der Waals surface area contributed by atoms with Gasteiger partial charge in [-0.25, -0.2) is 0 Å². The Morgan fingerprint density at radius 2 is 1.95 bits per heavy atom. The predicted molar refractivity (Wildman–Crippen MR) is 144 cm³/mol. The molecule has 1 saturated heterocycles. The summed E-state index contributed by atoms with van der Waals surface area (Å²) in [5.41, 5.74) is 2.42. The van der Waals surface area contributed by atoms with E-state index in [1.165, 1.54) is 4.90 Å².